The van der Waals surface area contributed by atoms with E-state index in [0.717, 1.165) is 13.1 Å². The van der Waals surface area contributed by atoms with Crippen molar-refractivity contribution >= 4 is 6.01 Å². The highest BCUT2D eigenvalue weighted by molar-refractivity contribution is 5.25. The van der Waals surface area contributed by atoms with E-state index in [2.05, 4.69) is 34.3 Å². The highest BCUT2D eigenvalue weighted by atomic mass is 16.4. The first-order chi connectivity index (χ1) is 9.14. The lowest BCUT2D eigenvalue weighted by Crippen LogP contribution is -2.39. The minimum Gasteiger partial charge on any atom is -0.406 e. The van der Waals surface area contributed by atoms with Gasteiger partial charge in [0.1, 0.15) is 0 Å². The van der Waals surface area contributed by atoms with Crippen molar-refractivity contribution in [1.82, 2.24) is 15.5 Å². The fraction of sp³-hybridized carbons (Fsp3) is 0.857. The van der Waals surface area contributed by atoms with Crippen LogP contribution in [0.1, 0.15) is 58.4 Å². The van der Waals surface area contributed by atoms with Crippen LogP contribution < -0.4 is 10.2 Å². The molecule has 0 radical (unpaired) electrons. The lowest BCUT2D eigenvalue weighted by Gasteiger charge is -2.40. The van der Waals surface area contributed by atoms with Crippen molar-refractivity contribution in [2.75, 3.05) is 25.0 Å². The zero-order chi connectivity index (χ0) is 13.9. The third-order valence-corrected chi connectivity index (χ3v) is 4.83. The highest BCUT2D eigenvalue weighted by Gasteiger charge is 2.32. The second-order valence-corrected chi connectivity index (χ2v) is 5.63. The van der Waals surface area contributed by atoms with Crippen molar-refractivity contribution in [3.8, 4) is 0 Å². The Kier molecular flexibility index (Phi) is 4.45. The Hall–Kier alpha value is -1.10. The average Bonchev–Trinajstić information content (AvgIpc) is 2.96. The molecule has 5 nitrogen and oxygen atoms in total. The highest BCUT2D eigenvalue weighted by Crippen LogP contribution is 2.38. The molecule has 0 spiro atoms. The number of nitrogens with zero attached hydrogens (tertiary/aromatic N) is 3. The summed E-state index contributed by atoms with van der Waals surface area (Å²) in [5.41, 5.74) is 0.525. The van der Waals surface area contributed by atoms with E-state index in [1.54, 1.807) is 0 Å². The topological polar surface area (TPSA) is 54.2 Å². The molecule has 19 heavy (non-hydrogen) atoms. The second-order valence-electron chi connectivity index (χ2n) is 5.63. The molecule has 1 aliphatic rings. The van der Waals surface area contributed by atoms with Crippen LogP contribution >= 0.6 is 0 Å². The third-order valence-electron chi connectivity index (χ3n) is 4.83. The molecule has 1 aromatic heterocycles. The standard InChI is InChI=1S/C14H26N4O/c1-5-14(6-2)7-9-18(10-8-14)13-17-16-12(19-13)11(3)15-4/h11,15H,5-10H2,1-4H3. The fourth-order valence-electron chi connectivity index (χ4n) is 2.78. The molecule has 2 heterocycles. The Morgan fingerprint density at radius 2 is 1.89 bits per heavy atom. The molecular weight excluding hydrogens is 240 g/mol. The van der Waals surface area contributed by atoms with E-state index in [1.165, 1.54) is 25.7 Å². The van der Waals surface area contributed by atoms with E-state index in [9.17, 15) is 0 Å². The predicted octanol–water partition coefficient (Wildman–Crippen LogP) is 2.76. The van der Waals surface area contributed by atoms with Gasteiger partial charge in [0.15, 0.2) is 0 Å². The van der Waals surface area contributed by atoms with Crippen LogP contribution in [0.15, 0.2) is 4.42 Å². The van der Waals surface area contributed by atoms with E-state index < -0.39 is 0 Å². The minimum absolute atomic E-state index is 0.108. The van der Waals surface area contributed by atoms with Crippen LogP contribution in [-0.2, 0) is 0 Å². The van der Waals surface area contributed by atoms with Gasteiger partial charge in [-0.25, -0.2) is 0 Å². The van der Waals surface area contributed by atoms with Gasteiger partial charge in [-0.1, -0.05) is 31.8 Å². The third kappa shape index (κ3) is 2.91. The molecule has 0 saturated carbocycles. The van der Waals surface area contributed by atoms with Crippen molar-refractivity contribution in [3.05, 3.63) is 5.89 Å². The van der Waals surface area contributed by atoms with Crippen LogP contribution in [0.3, 0.4) is 0 Å². The number of rotatable bonds is 5. The molecule has 1 aliphatic heterocycles. The summed E-state index contributed by atoms with van der Waals surface area (Å²) in [6.45, 7) is 8.68. The van der Waals surface area contributed by atoms with Crippen LogP contribution in [0, 0.1) is 5.41 Å². The Balaban J connectivity index is 2.00. The van der Waals surface area contributed by atoms with Crippen molar-refractivity contribution in [3.63, 3.8) is 0 Å². The van der Waals surface area contributed by atoms with Crippen molar-refractivity contribution in [1.29, 1.82) is 0 Å². The van der Waals surface area contributed by atoms with Gasteiger partial charge in [-0.05, 0) is 32.2 Å². The summed E-state index contributed by atoms with van der Waals surface area (Å²) in [5, 5.41) is 11.4. The van der Waals surface area contributed by atoms with Gasteiger partial charge in [-0.3, -0.25) is 0 Å². The SMILES string of the molecule is CCC1(CC)CCN(c2nnc(C(C)NC)o2)CC1. The Bertz CT molecular complexity index is 390. The average molecular weight is 266 g/mol. The number of aromatic nitrogens is 2. The zero-order valence-electron chi connectivity index (χ0n) is 12.6. The smallest absolute Gasteiger partial charge is 0.318 e. The van der Waals surface area contributed by atoms with Gasteiger partial charge in [-0.2, -0.15) is 0 Å². The summed E-state index contributed by atoms with van der Waals surface area (Å²) in [5.74, 6) is 0.667. The van der Waals surface area contributed by atoms with E-state index in [-0.39, 0.29) is 6.04 Å². The van der Waals surface area contributed by atoms with Crippen LogP contribution in [0.25, 0.3) is 0 Å². The van der Waals surface area contributed by atoms with Crippen LogP contribution in [0.4, 0.5) is 6.01 Å². The molecular formula is C14H26N4O. The summed E-state index contributed by atoms with van der Waals surface area (Å²) in [7, 11) is 1.90. The summed E-state index contributed by atoms with van der Waals surface area (Å²) in [4.78, 5) is 2.22. The van der Waals surface area contributed by atoms with Gasteiger partial charge in [0.25, 0.3) is 0 Å². The summed E-state index contributed by atoms with van der Waals surface area (Å²) < 4.78 is 5.75. The van der Waals surface area contributed by atoms with Crippen LogP contribution in [0.5, 0.6) is 0 Å². The first-order valence-electron chi connectivity index (χ1n) is 7.39. The van der Waals surface area contributed by atoms with Gasteiger partial charge in [-0.15, -0.1) is 5.10 Å². The summed E-state index contributed by atoms with van der Waals surface area (Å²) >= 11 is 0. The van der Waals surface area contributed by atoms with Crippen molar-refractivity contribution < 1.29 is 4.42 Å². The molecule has 1 N–H and O–H groups in total. The molecule has 0 bridgehead atoms. The number of anilines is 1. The van der Waals surface area contributed by atoms with E-state index in [0.29, 0.717) is 17.3 Å². The molecule has 0 aliphatic carbocycles. The Morgan fingerprint density at radius 3 is 2.42 bits per heavy atom. The van der Waals surface area contributed by atoms with Gasteiger partial charge in [0.2, 0.25) is 5.89 Å². The van der Waals surface area contributed by atoms with Gasteiger partial charge >= 0.3 is 6.01 Å². The molecule has 108 valence electrons. The maximum atomic E-state index is 5.75. The first-order valence-corrected chi connectivity index (χ1v) is 7.39. The number of hydrogen-bond acceptors (Lipinski definition) is 5. The second kappa shape index (κ2) is 5.90. The summed E-state index contributed by atoms with van der Waals surface area (Å²) in [6.07, 6.45) is 4.98. The largest absolute Gasteiger partial charge is 0.406 e. The molecule has 5 heteroatoms. The zero-order valence-corrected chi connectivity index (χ0v) is 12.6. The van der Waals surface area contributed by atoms with Gasteiger partial charge in [0.05, 0.1) is 6.04 Å². The van der Waals surface area contributed by atoms with Crippen molar-refractivity contribution in [2.45, 2.75) is 52.5 Å². The quantitative estimate of drug-likeness (QED) is 0.888. The first kappa shape index (κ1) is 14.3. The van der Waals surface area contributed by atoms with Crippen LogP contribution in [-0.4, -0.2) is 30.3 Å². The lowest BCUT2D eigenvalue weighted by atomic mass is 9.74. The number of hydrogen-bond donors (Lipinski definition) is 1. The summed E-state index contributed by atoms with van der Waals surface area (Å²) in [6, 6.07) is 0.786. The van der Waals surface area contributed by atoms with E-state index in [4.69, 9.17) is 4.42 Å². The maximum absolute atomic E-state index is 5.75. The maximum Gasteiger partial charge on any atom is 0.318 e. The molecule has 0 aromatic carbocycles. The monoisotopic (exact) mass is 266 g/mol. The number of nitrogens with one attached hydrogen (secondary N) is 1. The van der Waals surface area contributed by atoms with E-state index >= 15 is 0 Å². The molecule has 1 fully saturated rings. The molecule has 1 unspecified atom stereocenters. The molecule has 1 atom stereocenters. The molecule has 1 saturated heterocycles. The normalized spacial score (nSPS) is 20.5. The molecule has 0 amide bonds. The fourth-order valence-corrected chi connectivity index (χ4v) is 2.78. The minimum atomic E-state index is 0.108. The molecule has 1 aromatic rings. The predicted molar refractivity (Wildman–Crippen MR) is 76.2 cm³/mol. The Labute approximate surface area is 115 Å². The number of piperidine rings is 1. The Morgan fingerprint density at radius 1 is 1.26 bits per heavy atom. The van der Waals surface area contributed by atoms with Gasteiger partial charge in [0, 0.05) is 13.1 Å². The van der Waals surface area contributed by atoms with Gasteiger partial charge < -0.3 is 14.6 Å². The van der Waals surface area contributed by atoms with Crippen LogP contribution in [0.2, 0.25) is 0 Å². The van der Waals surface area contributed by atoms with E-state index in [1.807, 2.05) is 14.0 Å². The molecule has 2 rings (SSSR count). The van der Waals surface area contributed by atoms with Crippen molar-refractivity contribution in [2.24, 2.45) is 5.41 Å². The lowest BCUT2D eigenvalue weighted by molar-refractivity contribution is 0.196.